The first-order chi connectivity index (χ1) is 9.38. The molecule has 0 amide bonds. The highest BCUT2D eigenvalue weighted by Crippen LogP contribution is 2.41. The summed E-state index contributed by atoms with van der Waals surface area (Å²) in [5, 5.41) is 12.5. The predicted molar refractivity (Wildman–Crippen MR) is 75.7 cm³/mol. The zero-order chi connectivity index (χ0) is 13.1. The maximum atomic E-state index is 9.09. The second-order valence-electron chi connectivity index (χ2n) is 5.66. The average molecular weight is 255 g/mol. The van der Waals surface area contributed by atoms with Crippen LogP contribution in [-0.4, -0.2) is 31.1 Å². The van der Waals surface area contributed by atoms with Gasteiger partial charge in [0.25, 0.3) is 0 Å². The summed E-state index contributed by atoms with van der Waals surface area (Å²) < 4.78 is 0. The lowest BCUT2D eigenvalue weighted by molar-refractivity contribution is 0.0837. The number of hydrogen-bond donors (Lipinski definition) is 1. The van der Waals surface area contributed by atoms with Crippen LogP contribution in [0.5, 0.6) is 0 Å². The van der Waals surface area contributed by atoms with Crippen LogP contribution in [0, 0.1) is 17.2 Å². The topological polar surface area (TPSA) is 39.1 Å². The average Bonchev–Trinajstić information content (AvgIpc) is 2.43. The third-order valence-electron chi connectivity index (χ3n) is 4.50. The van der Waals surface area contributed by atoms with Crippen molar-refractivity contribution in [3.05, 3.63) is 35.4 Å². The summed E-state index contributed by atoms with van der Waals surface area (Å²) in [5.41, 5.74) is 2.13. The van der Waals surface area contributed by atoms with E-state index in [2.05, 4.69) is 28.4 Å². The molecule has 0 spiro atoms. The van der Waals surface area contributed by atoms with Crippen LogP contribution in [0.2, 0.25) is 0 Å². The second kappa shape index (κ2) is 5.73. The molecule has 0 radical (unpaired) electrons. The van der Waals surface area contributed by atoms with Gasteiger partial charge in [-0.1, -0.05) is 18.6 Å². The van der Waals surface area contributed by atoms with Gasteiger partial charge in [-0.3, -0.25) is 4.90 Å². The lowest BCUT2D eigenvalue weighted by Crippen LogP contribution is -2.47. The number of benzene rings is 1. The van der Waals surface area contributed by atoms with Gasteiger partial charge in [0, 0.05) is 32.2 Å². The van der Waals surface area contributed by atoms with Crippen molar-refractivity contribution in [2.45, 2.75) is 25.3 Å². The van der Waals surface area contributed by atoms with Crippen LogP contribution < -0.4 is 5.32 Å². The molecule has 3 nitrogen and oxygen atoms in total. The number of nitrogens with one attached hydrogen (secondary N) is 1. The van der Waals surface area contributed by atoms with Gasteiger partial charge in [-0.15, -0.1) is 0 Å². The van der Waals surface area contributed by atoms with Crippen LogP contribution in [0.15, 0.2) is 24.3 Å². The second-order valence-corrected chi connectivity index (χ2v) is 5.66. The lowest BCUT2D eigenvalue weighted by atomic mass is 9.76. The van der Waals surface area contributed by atoms with Gasteiger partial charge in [0.05, 0.1) is 11.6 Å². The third kappa shape index (κ3) is 2.65. The molecule has 1 aromatic rings. The standard InChI is InChI=1S/C16H21N3/c17-12-13-3-1-6-15(11-13)16(14-4-2-5-14)19-9-7-18-8-10-19/h1,3,6,11,14,16,18H,2,4-5,7-10H2/t16-/m1/s1. The monoisotopic (exact) mass is 255 g/mol. The molecule has 1 heterocycles. The molecular formula is C16H21N3. The van der Waals surface area contributed by atoms with Gasteiger partial charge in [-0.2, -0.15) is 5.26 Å². The molecule has 0 unspecified atom stereocenters. The van der Waals surface area contributed by atoms with Gasteiger partial charge in [0.2, 0.25) is 0 Å². The Morgan fingerprint density at radius 3 is 2.68 bits per heavy atom. The fraction of sp³-hybridized carbons (Fsp3) is 0.562. The normalized spacial score (nSPS) is 22.5. The van der Waals surface area contributed by atoms with Crippen molar-refractivity contribution < 1.29 is 0 Å². The summed E-state index contributed by atoms with van der Waals surface area (Å²) in [5.74, 6) is 0.784. The number of nitrogens with zero attached hydrogens (tertiary/aromatic N) is 2. The van der Waals surface area contributed by atoms with Crippen molar-refractivity contribution in [2.24, 2.45) is 5.92 Å². The smallest absolute Gasteiger partial charge is 0.0991 e. The number of hydrogen-bond acceptors (Lipinski definition) is 3. The molecule has 0 bridgehead atoms. The van der Waals surface area contributed by atoms with Gasteiger partial charge in [0.1, 0.15) is 0 Å². The molecule has 3 rings (SSSR count). The molecule has 2 aliphatic rings. The highest BCUT2D eigenvalue weighted by Gasteiger charge is 2.33. The van der Waals surface area contributed by atoms with Gasteiger partial charge < -0.3 is 5.32 Å². The Morgan fingerprint density at radius 1 is 1.26 bits per heavy atom. The summed E-state index contributed by atoms with van der Waals surface area (Å²) in [6, 6.07) is 11.0. The van der Waals surface area contributed by atoms with E-state index in [1.54, 1.807) is 0 Å². The van der Waals surface area contributed by atoms with E-state index in [1.165, 1.54) is 24.8 Å². The molecule has 100 valence electrons. The number of rotatable bonds is 3. The molecule has 1 N–H and O–H groups in total. The van der Waals surface area contributed by atoms with E-state index in [1.807, 2.05) is 12.1 Å². The van der Waals surface area contributed by atoms with Gasteiger partial charge >= 0.3 is 0 Å². The fourth-order valence-corrected chi connectivity index (χ4v) is 3.29. The van der Waals surface area contributed by atoms with Crippen molar-refractivity contribution in [2.75, 3.05) is 26.2 Å². The molecule has 1 aliphatic heterocycles. The van der Waals surface area contributed by atoms with E-state index in [0.717, 1.165) is 37.7 Å². The van der Waals surface area contributed by atoms with E-state index in [-0.39, 0.29) is 0 Å². The van der Waals surface area contributed by atoms with Crippen LogP contribution in [-0.2, 0) is 0 Å². The zero-order valence-corrected chi connectivity index (χ0v) is 11.3. The molecular weight excluding hydrogens is 234 g/mol. The molecule has 19 heavy (non-hydrogen) atoms. The summed E-state index contributed by atoms with van der Waals surface area (Å²) in [4.78, 5) is 2.61. The maximum absolute atomic E-state index is 9.09. The van der Waals surface area contributed by atoms with Crippen LogP contribution in [0.4, 0.5) is 0 Å². The Bertz CT molecular complexity index is 467. The van der Waals surface area contributed by atoms with Gasteiger partial charge in [0.15, 0.2) is 0 Å². The van der Waals surface area contributed by atoms with E-state index in [9.17, 15) is 0 Å². The highest BCUT2D eigenvalue weighted by molar-refractivity contribution is 5.34. The minimum atomic E-state index is 0.518. The van der Waals surface area contributed by atoms with Crippen molar-refractivity contribution in [3.8, 4) is 6.07 Å². The van der Waals surface area contributed by atoms with Gasteiger partial charge in [-0.25, -0.2) is 0 Å². The minimum absolute atomic E-state index is 0.518. The summed E-state index contributed by atoms with van der Waals surface area (Å²) in [6.45, 7) is 4.41. The van der Waals surface area contributed by atoms with E-state index >= 15 is 0 Å². The first-order valence-corrected chi connectivity index (χ1v) is 7.33. The molecule has 2 fully saturated rings. The summed E-state index contributed by atoms with van der Waals surface area (Å²) in [6.07, 6.45) is 4.04. The number of piperazine rings is 1. The maximum Gasteiger partial charge on any atom is 0.0991 e. The van der Waals surface area contributed by atoms with E-state index < -0.39 is 0 Å². The Balaban J connectivity index is 1.86. The summed E-state index contributed by atoms with van der Waals surface area (Å²) in [7, 11) is 0. The lowest BCUT2D eigenvalue weighted by Gasteiger charge is -2.43. The van der Waals surface area contributed by atoms with Crippen LogP contribution >= 0.6 is 0 Å². The van der Waals surface area contributed by atoms with Crippen molar-refractivity contribution >= 4 is 0 Å². The van der Waals surface area contributed by atoms with E-state index in [0.29, 0.717) is 6.04 Å². The Kier molecular flexibility index (Phi) is 3.82. The molecule has 0 aromatic heterocycles. The molecule has 3 heteroatoms. The third-order valence-corrected chi connectivity index (χ3v) is 4.50. The van der Waals surface area contributed by atoms with Crippen LogP contribution in [0.3, 0.4) is 0 Å². The van der Waals surface area contributed by atoms with Crippen molar-refractivity contribution in [1.29, 1.82) is 5.26 Å². The Morgan fingerprint density at radius 2 is 2.05 bits per heavy atom. The molecule has 1 aromatic carbocycles. The zero-order valence-electron chi connectivity index (χ0n) is 11.3. The molecule has 1 aliphatic carbocycles. The Labute approximate surface area is 115 Å². The van der Waals surface area contributed by atoms with Crippen LogP contribution in [0.25, 0.3) is 0 Å². The quantitative estimate of drug-likeness (QED) is 0.901. The van der Waals surface area contributed by atoms with Crippen molar-refractivity contribution in [3.63, 3.8) is 0 Å². The molecule has 1 atom stereocenters. The summed E-state index contributed by atoms with van der Waals surface area (Å²) >= 11 is 0. The minimum Gasteiger partial charge on any atom is -0.314 e. The SMILES string of the molecule is N#Cc1cccc([C@@H](C2CCC2)N2CCNCC2)c1. The fourth-order valence-electron chi connectivity index (χ4n) is 3.29. The Hall–Kier alpha value is -1.37. The first-order valence-electron chi connectivity index (χ1n) is 7.33. The largest absolute Gasteiger partial charge is 0.314 e. The first kappa shape index (κ1) is 12.7. The predicted octanol–water partition coefficient (Wildman–Crippen LogP) is 2.30. The van der Waals surface area contributed by atoms with E-state index in [4.69, 9.17) is 5.26 Å². The molecule has 1 saturated carbocycles. The van der Waals surface area contributed by atoms with Crippen LogP contribution in [0.1, 0.15) is 36.4 Å². The van der Waals surface area contributed by atoms with Crippen molar-refractivity contribution in [1.82, 2.24) is 10.2 Å². The number of nitriles is 1. The van der Waals surface area contributed by atoms with Gasteiger partial charge in [-0.05, 0) is 36.5 Å². The highest BCUT2D eigenvalue weighted by atomic mass is 15.2. The molecule has 1 saturated heterocycles.